The van der Waals surface area contributed by atoms with Crippen molar-refractivity contribution in [3.05, 3.63) is 137 Å². The average Bonchev–Trinajstić information content (AvgIpc) is 3.55. The summed E-state index contributed by atoms with van der Waals surface area (Å²) in [5.41, 5.74) is 0.796. The number of quaternary nitrogens is 1. The molecule has 0 aliphatic carbocycles. The van der Waals surface area contributed by atoms with Gasteiger partial charge in [0, 0.05) is 25.9 Å². The number of benzene rings is 4. The van der Waals surface area contributed by atoms with Crippen LogP contribution in [-0.4, -0.2) is 80.8 Å². The van der Waals surface area contributed by atoms with Gasteiger partial charge in [-0.2, -0.15) is 18.4 Å². The third-order valence-electron chi connectivity index (χ3n) is 10.1. The number of urea groups is 1. The zero-order chi connectivity index (χ0) is 41.5. The van der Waals surface area contributed by atoms with Gasteiger partial charge in [-0.3, -0.25) is 9.69 Å². The normalized spacial score (nSPS) is 15.2. The molecule has 0 spiro atoms. The Labute approximate surface area is 336 Å². The van der Waals surface area contributed by atoms with Gasteiger partial charge in [0.25, 0.3) is 5.91 Å². The smallest absolute Gasteiger partial charge is 0.416 e. The first-order valence-corrected chi connectivity index (χ1v) is 19.0. The van der Waals surface area contributed by atoms with Crippen molar-refractivity contribution >= 4 is 24.1 Å². The molecule has 4 aromatic rings. The van der Waals surface area contributed by atoms with Crippen molar-refractivity contribution in [2.75, 3.05) is 57.9 Å². The van der Waals surface area contributed by atoms with E-state index in [0.29, 0.717) is 48.6 Å². The van der Waals surface area contributed by atoms with Crippen LogP contribution < -0.4 is 24.8 Å². The lowest BCUT2D eigenvalue weighted by atomic mass is 9.94. The van der Waals surface area contributed by atoms with E-state index in [1.807, 2.05) is 60.7 Å². The Hall–Kier alpha value is -6.33. The van der Waals surface area contributed by atoms with Gasteiger partial charge in [-0.1, -0.05) is 54.6 Å². The van der Waals surface area contributed by atoms with E-state index in [9.17, 15) is 28.0 Å². The number of para-hydroxylation sites is 2. The van der Waals surface area contributed by atoms with Crippen LogP contribution in [0.3, 0.4) is 0 Å². The van der Waals surface area contributed by atoms with E-state index in [1.54, 1.807) is 29.2 Å². The zero-order valence-electron chi connectivity index (χ0n) is 32.2. The second-order valence-electron chi connectivity index (χ2n) is 14.2. The summed E-state index contributed by atoms with van der Waals surface area (Å²) in [4.78, 5) is 38.9. The van der Waals surface area contributed by atoms with E-state index in [1.165, 1.54) is 17.0 Å². The lowest BCUT2D eigenvalue weighted by molar-refractivity contribution is -0.910. The van der Waals surface area contributed by atoms with Gasteiger partial charge in [0.2, 0.25) is 0 Å². The van der Waals surface area contributed by atoms with Crippen LogP contribution in [0.25, 0.3) is 0 Å². The summed E-state index contributed by atoms with van der Waals surface area (Å²) in [5.74, 6) is 1.39. The van der Waals surface area contributed by atoms with Crippen LogP contribution in [0.1, 0.15) is 48.4 Å². The molecular weight excluding hydrogens is 752 g/mol. The van der Waals surface area contributed by atoms with E-state index in [4.69, 9.17) is 19.4 Å². The maximum atomic E-state index is 14.2. The lowest BCUT2D eigenvalue weighted by Gasteiger charge is -2.35. The van der Waals surface area contributed by atoms with Crippen molar-refractivity contribution in [2.24, 2.45) is 0 Å². The minimum atomic E-state index is -4.61. The number of rotatable bonds is 17. The number of unbranched alkanes of at least 4 members (excludes halogenated alkanes) is 1. The van der Waals surface area contributed by atoms with E-state index in [0.717, 1.165) is 67.0 Å². The number of hydrogen-bond acceptors (Lipinski definition) is 7. The van der Waals surface area contributed by atoms with E-state index in [2.05, 4.69) is 18.4 Å². The molecule has 2 aliphatic rings. The van der Waals surface area contributed by atoms with Crippen molar-refractivity contribution in [3.8, 4) is 17.6 Å². The Morgan fingerprint density at radius 2 is 1.41 bits per heavy atom. The highest BCUT2D eigenvalue weighted by molar-refractivity contribution is 6.07. The van der Waals surface area contributed by atoms with Gasteiger partial charge >= 0.3 is 12.2 Å². The molecule has 58 heavy (non-hydrogen) atoms. The first kappa shape index (κ1) is 42.8. The van der Waals surface area contributed by atoms with Gasteiger partial charge in [-0.15, -0.1) is 0 Å². The number of carbonyl (C=O) groups is 3. The molecule has 6 rings (SSSR count). The number of halogens is 3. The molecule has 0 aromatic heterocycles. The van der Waals surface area contributed by atoms with Crippen molar-refractivity contribution < 1.29 is 46.6 Å². The summed E-state index contributed by atoms with van der Waals surface area (Å²) in [6, 6.07) is 31.2. The van der Waals surface area contributed by atoms with Crippen molar-refractivity contribution in [1.82, 2.24) is 10.2 Å². The first-order chi connectivity index (χ1) is 28.0. The van der Waals surface area contributed by atoms with Crippen LogP contribution in [0.15, 0.2) is 120 Å². The summed E-state index contributed by atoms with van der Waals surface area (Å²) in [7, 11) is 2.23. The molecule has 1 N–H and O–H groups in total. The minimum Gasteiger partial charge on any atom is -0.554 e. The Morgan fingerprint density at radius 3 is 1.97 bits per heavy atom. The molecule has 2 aliphatic heterocycles. The fourth-order valence-electron chi connectivity index (χ4n) is 7.21. The highest BCUT2D eigenvalue weighted by Crippen LogP contribution is 2.40. The number of anilines is 1. The summed E-state index contributed by atoms with van der Waals surface area (Å²) < 4.78 is 53.9. The van der Waals surface area contributed by atoms with Crippen LogP contribution in [0.4, 0.5) is 23.7 Å². The molecule has 4 aromatic carbocycles. The average molecular weight is 798 g/mol. The Kier molecular flexibility index (Phi) is 14.9. The number of nitrogens with one attached hydrogen (secondary N) is 1. The summed E-state index contributed by atoms with van der Waals surface area (Å²) >= 11 is 0. The Morgan fingerprint density at radius 1 is 0.845 bits per heavy atom. The van der Waals surface area contributed by atoms with Crippen LogP contribution >= 0.6 is 0 Å². The fraction of sp³-hybridized carbons (Fsp3) is 0.318. The number of nitrogens with zero attached hydrogens (tertiary/aromatic N) is 4. The molecule has 0 saturated heterocycles. The van der Waals surface area contributed by atoms with Gasteiger partial charge in [0.05, 0.1) is 86.6 Å². The van der Waals surface area contributed by atoms with E-state index < -0.39 is 30.3 Å². The molecule has 14 heteroatoms. The molecule has 0 saturated carbocycles. The Balaban J connectivity index is 0.00000207. The monoisotopic (exact) mass is 797 g/mol. The van der Waals surface area contributed by atoms with Crippen LogP contribution in [0.5, 0.6) is 11.5 Å². The topological polar surface area (TPSA) is 135 Å². The number of nitriles is 1. The molecule has 11 nitrogen and oxygen atoms in total. The summed E-state index contributed by atoms with van der Waals surface area (Å²) in [6.45, 7) is 3.80. The highest BCUT2D eigenvalue weighted by Gasteiger charge is 2.45. The number of carboxylic acid groups (broad SMARTS) is 1. The predicted molar refractivity (Wildman–Crippen MR) is 209 cm³/mol. The zero-order valence-corrected chi connectivity index (χ0v) is 32.2. The van der Waals surface area contributed by atoms with E-state index in [-0.39, 0.29) is 18.1 Å². The van der Waals surface area contributed by atoms with Gasteiger partial charge < -0.3 is 34.1 Å². The third-order valence-corrected chi connectivity index (χ3v) is 10.1. The molecule has 3 amide bonds. The summed E-state index contributed by atoms with van der Waals surface area (Å²) in [5, 5.41) is 20.4. The third kappa shape index (κ3) is 11.4. The van der Waals surface area contributed by atoms with Gasteiger partial charge in [0.15, 0.2) is 0 Å². The fourth-order valence-corrected chi connectivity index (χ4v) is 7.21. The molecule has 2 heterocycles. The van der Waals surface area contributed by atoms with Crippen LogP contribution in [0.2, 0.25) is 0 Å². The number of hydrogen-bond donors (Lipinski definition) is 1. The molecular formula is C44H46F3N5O6. The molecule has 0 unspecified atom stereocenters. The highest BCUT2D eigenvalue weighted by atomic mass is 19.4. The van der Waals surface area contributed by atoms with Gasteiger partial charge in [0.1, 0.15) is 11.5 Å². The van der Waals surface area contributed by atoms with Crippen molar-refractivity contribution in [3.63, 3.8) is 0 Å². The van der Waals surface area contributed by atoms with E-state index >= 15 is 0 Å². The largest absolute Gasteiger partial charge is 0.554 e. The molecule has 0 radical (unpaired) electrons. The van der Waals surface area contributed by atoms with Crippen LogP contribution in [0, 0.1) is 11.3 Å². The SMILES string of the molecule is C[N+](CCCCN1CC2=C(C1=O)[C@@H](c1ccc(C#N)cc1)NC(=O)N2c1cccc(C(F)(F)F)c1)(CCCOc1ccccc1)CCCOc1ccccc1.O=C[O-]. The quantitative estimate of drug-likeness (QED) is 0.0735. The number of amides is 3. The van der Waals surface area contributed by atoms with Crippen molar-refractivity contribution in [2.45, 2.75) is 37.9 Å². The second-order valence-corrected chi connectivity index (χ2v) is 14.2. The molecule has 1 atom stereocenters. The van der Waals surface area contributed by atoms with Gasteiger partial charge in [-0.25, -0.2) is 4.79 Å². The number of ether oxygens (including phenoxy) is 2. The Bertz CT molecular complexity index is 2010. The maximum absolute atomic E-state index is 14.2. The van der Waals surface area contributed by atoms with Crippen molar-refractivity contribution in [1.29, 1.82) is 5.26 Å². The number of carbonyl (C=O) groups excluding carboxylic acids is 3. The first-order valence-electron chi connectivity index (χ1n) is 19.0. The predicted octanol–water partition coefficient (Wildman–Crippen LogP) is 6.48. The molecule has 0 bridgehead atoms. The second kappa shape index (κ2) is 20.2. The van der Waals surface area contributed by atoms with Gasteiger partial charge in [-0.05, 0) is 73.0 Å². The number of alkyl halides is 3. The standard InChI is InChI=1S/C43H44F3N5O4.CH2O2/c1-51(25-11-27-54-36-15-4-2-5-16-36,26-12-28-55-37-17-6-3-7-18-37)24-9-8-23-49-31-38-39(41(49)52)40(33-21-19-32(30-47)20-22-33)48-42(53)50(38)35-14-10-13-34(29-35)43(44,45)46;2-1-3/h2-7,10,13-22,29,40H,8-9,11-12,23-28,31H2,1H3;1H,(H,2,3)/t40-;/m1./s1. The summed E-state index contributed by atoms with van der Waals surface area (Å²) in [6.07, 6.45) is -1.39. The molecule has 0 fully saturated rings. The minimum absolute atomic E-state index is 0.0216. The lowest BCUT2D eigenvalue weighted by Crippen LogP contribution is -2.47. The van der Waals surface area contributed by atoms with Crippen LogP contribution in [-0.2, 0) is 15.8 Å². The molecule has 304 valence electrons. The maximum Gasteiger partial charge on any atom is 0.416 e.